The maximum atomic E-state index is 13.6. The van der Waals surface area contributed by atoms with Gasteiger partial charge in [0.05, 0.1) is 10.7 Å². The van der Waals surface area contributed by atoms with Crippen LogP contribution in [0.4, 0.5) is 5.69 Å². The van der Waals surface area contributed by atoms with E-state index >= 15 is 0 Å². The summed E-state index contributed by atoms with van der Waals surface area (Å²) < 4.78 is 0. The summed E-state index contributed by atoms with van der Waals surface area (Å²) in [6.45, 7) is 0.639. The van der Waals surface area contributed by atoms with Crippen molar-refractivity contribution in [2.75, 3.05) is 18.9 Å². The number of anilines is 1. The van der Waals surface area contributed by atoms with Crippen molar-refractivity contribution < 1.29 is 14.7 Å². The van der Waals surface area contributed by atoms with Crippen LogP contribution in [-0.2, 0) is 16.0 Å². The van der Waals surface area contributed by atoms with E-state index in [0.717, 1.165) is 41.5 Å². The molecule has 2 aliphatic rings. The summed E-state index contributed by atoms with van der Waals surface area (Å²) in [4.78, 5) is 33.8. The van der Waals surface area contributed by atoms with Crippen molar-refractivity contribution in [3.63, 3.8) is 0 Å². The van der Waals surface area contributed by atoms with Crippen LogP contribution in [0, 0.1) is 11.8 Å². The molecule has 1 saturated carbocycles. The summed E-state index contributed by atoms with van der Waals surface area (Å²) in [6.07, 6.45) is 6.88. The van der Waals surface area contributed by atoms with Crippen molar-refractivity contribution in [1.82, 2.24) is 31.5 Å². The Morgan fingerprint density at radius 3 is 2.92 bits per heavy atom. The first-order valence-electron chi connectivity index (χ1n) is 12.6. The SMILES string of the molecule is CNC(=O)C(Cc1c[nH]c2ncccc12)NC(=O)C1NNC2CCCC(CNc3ccc(O)cc3Cl)C21. The van der Waals surface area contributed by atoms with Gasteiger partial charge in [-0.3, -0.25) is 15.0 Å². The molecule has 37 heavy (non-hydrogen) atoms. The molecule has 0 bridgehead atoms. The van der Waals surface area contributed by atoms with Gasteiger partial charge in [-0.05, 0) is 48.6 Å². The maximum absolute atomic E-state index is 13.6. The molecule has 2 fully saturated rings. The Balaban J connectivity index is 1.29. The Morgan fingerprint density at radius 2 is 2.11 bits per heavy atom. The number of aromatic hydroxyl groups is 1. The number of fused-ring (bicyclic) bond motifs is 2. The molecular weight excluding hydrogens is 494 g/mol. The number of carbonyl (C=O) groups is 2. The first-order chi connectivity index (χ1) is 17.9. The zero-order valence-electron chi connectivity index (χ0n) is 20.6. The van der Waals surface area contributed by atoms with E-state index in [0.29, 0.717) is 18.0 Å². The highest BCUT2D eigenvalue weighted by Crippen LogP contribution is 2.36. The summed E-state index contributed by atoms with van der Waals surface area (Å²) in [7, 11) is 1.57. The van der Waals surface area contributed by atoms with Crippen LogP contribution >= 0.6 is 11.6 Å². The normalized spacial score (nSPS) is 23.8. The average molecular weight is 526 g/mol. The third kappa shape index (κ3) is 5.36. The van der Waals surface area contributed by atoms with Crippen molar-refractivity contribution in [2.45, 2.75) is 43.8 Å². The fourth-order valence-corrected chi connectivity index (χ4v) is 5.93. The minimum absolute atomic E-state index is 0.0415. The third-order valence-electron chi connectivity index (χ3n) is 7.54. The van der Waals surface area contributed by atoms with Crippen molar-refractivity contribution in [2.24, 2.45) is 11.8 Å². The number of H-pyrrole nitrogens is 1. The molecule has 1 saturated heterocycles. The molecule has 5 atom stereocenters. The van der Waals surface area contributed by atoms with Gasteiger partial charge in [0.15, 0.2) is 0 Å². The molecule has 7 N–H and O–H groups in total. The quantitative estimate of drug-likeness (QED) is 0.223. The number of amides is 2. The molecule has 5 unspecified atom stereocenters. The van der Waals surface area contributed by atoms with Gasteiger partial charge in [0, 0.05) is 55.8 Å². The highest BCUT2D eigenvalue weighted by atomic mass is 35.5. The second kappa shape index (κ2) is 11.0. The lowest BCUT2D eigenvalue weighted by molar-refractivity contribution is -0.130. The summed E-state index contributed by atoms with van der Waals surface area (Å²) in [6, 6.07) is 7.60. The van der Waals surface area contributed by atoms with Crippen molar-refractivity contribution >= 4 is 40.1 Å². The fraction of sp³-hybridized carbons (Fsp3) is 0.423. The van der Waals surface area contributed by atoms with E-state index < -0.39 is 12.1 Å². The first kappa shape index (κ1) is 25.3. The largest absolute Gasteiger partial charge is 0.508 e. The van der Waals surface area contributed by atoms with Crippen molar-refractivity contribution in [3.05, 3.63) is 53.3 Å². The number of rotatable bonds is 8. The number of benzene rings is 1. The number of hydrazine groups is 1. The van der Waals surface area contributed by atoms with Gasteiger partial charge in [-0.25, -0.2) is 10.4 Å². The molecule has 5 rings (SSSR count). The number of aromatic amines is 1. The average Bonchev–Trinajstić information content (AvgIpc) is 3.52. The minimum atomic E-state index is -0.728. The summed E-state index contributed by atoms with van der Waals surface area (Å²) in [5, 5.41) is 20.1. The molecule has 3 aromatic rings. The molecule has 0 radical (unpaired) electrons. The summed E-state index contributed by atoms with van der Waals surface area (Å²) >= 11 is 6.28. The topological polar surface area (TPSA) is 143 Å². The number of aromatic nitrogens is 2. The Kier molecular flexibility index (Phi) is 7.50. The Morgan fingerprint density at radius 1 is 1.24 bits per heavy atom. The fourth-order valence-electron chi connectivity index (χ4n) is 5.69. The Labute approximate surface area is 219 Å². The number of halogens is 1. The predicted molar refractivity (Wildman–Crippen MR) is 142 cm³/mol. The van der Waals surface area contributed by atoms with Gasteiger partial charge in [0.1, 0.15) is 23.5 Å². The van der Waals surface area contributed by atoms with Crippen LogP contribution in [0.3, 0.4) is 0 Å². The lowest BCUT2D eigenvalue weighted by Gasteiger charge is -2.35. The van der Waals surface area contributed by atoms with Crippen molar-refractivity contribution in [3.8, 4) is 5.75 Å². The van der Waals surface area contributed by atoms with E-state index in [1.165, 1.54) is 6.07 Å². The molecule has 2 aromatic heterocycles. The van der Waals surface area contributed by atoms with Gasteiger partial charge in [-0.1, -0.05) is 18.0 Å². The van der Waals surface area contributed by atoms with E-state index in [9.17, 15) is 14.7 Å². The highest BCUT2D eigenvalue weighted by Gasteiger charge is 2.46. The van der Waals surface area contributed by atoms with E-state index in [4.69, 9.17) is 11.6 Å². The van der Waals surface area contributed by atoms with Crippen LogP contribution in [0.5, 0.6) is 5.75 Å². The van der Waals surface area contributed by atoms with E-state index in [1.807, 2.05) is 18.3 Å². The predicted octanol–water partition coefficient (Wildman–Crippen LogP) is 2.07. The Bertz CT molecular complexity index is 1280. The molecule has 0 spiro atoms. The van der Waals surface area contributed by atoms with Crippen LogP contribution in [0.15, 0.2) is 42.7 Å². The van der Waals surface area contributed by atoms with E-state index in [2.05, 4.69) is 36.8 Å². The zero-order chi connectivity index (χ0) is 25.9. The summed E-state index contributed by atoms with van der Waals surface area (Å²) in [5.74, 6) is -0.0948. The van der Waals surface area contributed by atoms with Crippen LogP contribution in [0.25, 0.3) is 11.0 Å². The van der Waals surface area contributed by atoms with Gasteiger partial charge in [0.2, 0.25) is 11.8 Å². The molecule has 3 heterocycles. The monoisotopic (exact) mass is 525 g/mol. The number of nitrogens with zero attached hydrogens (tertiary/aromatic N) is 1. The molecule has 10 nitrogen and oxygen atoms in total. The molecule has 1 aromatic carbocycles. The number of hydrogen-bond donors (Lipinski definition) is 7. The van der Waals surface area contributed by atoms with Crippen LogP contribution in [0.2, 0.25) is 5.02 Å². The number of carbonyl (C=O) groups excluding carboxylic acids is 2. The number of phenols is 1. The number of phenolic OH excluding ortho intramolecular Hbond substituents is 1. The molecule has 2 amide bonds. The number of hydrogen-bond acceptors (Lipinski definition) is 7. The maximum Gasteiger partial charge on any atom is 0.242 e. The third-order valence-corrected chi connectivity index (χ3v) is 7.85. The van der Waals surface area contributed by atoms with Gasteiger partial charge in [-0.15, -0.1) is 0 Å². The van der Waals surface area contributed by atoms with Crippen LogP contribution in [-0.4, -0.2) is 58.6 Å². The van der Waals surface area contributed by atoms with Crippen molar-refractivity contribution in [1.29, 1.82) is 0 Å². The number of nitrogens with one attached hydrogen (secondary N) is 6. The second-order valence-corrected chi connectivity index (χ2v) is 10.2. The molecule has 1 aliphatic carbocycles. The van der Waals surface area contributed by atoms with Crippen LogP contribution < -0.4 is 26.8 Å². The molecule has 1 aliphatic heterocycles. The Hall–Kier alpha value is -3.34. The standard InChI is InChI=1S/C26H32ClN7O3/c1-28-25(36)21(10-15-13-31-24-17(15)5-3-9-29-24)32-26(37)23-22-14(4-2-6-20(22)33-34-23)12-30-19-8-7-16(35)11-18(19)27/h3,5,7-9,11,13-14,20-23,30,33-35H,2,4,6,10,12H2,1H3,(H,28,36)(H,29,31)(H,32,37). The second-order valence-electron chi connectivity index (χ2n) is 9.78. The van der Waals surface area contributed by atoms with E-state index in [1.54, 1.807) is 25.4 Å². The van der Waals surface area contributed by atoms with E-state index in [-0.39, 0.29) is 35.4 Å². The molecule has 11 heteroatoms. The number of pyridine rings is 1. The first-order valence-corrected chi connectivity index (χ1v) is 13.0. The van der Waals surface area contributed by atoms with Gasteiger partial charge in [-0.2, -0.15) is 0 Å². The molecular formula is C26H32ClN7O3. The smallest absolute Gasteiger partial charge is 0.242 e. The van der Waals surface area contributed by atoms with Gasteiger partial charge < -0.3 is 26.0 Å². The summed E-state index contributed by atoms with van der Waals surface area (Å²) in [5.41, 5.74) is 8.92. The van der Waals surface area contributed by atoms with Gasteiger partial charge >= 0.3 is 0 Å². The minimum Gasteiger partial charge on any atom is -0.508 e. The van der Waals surface area contributed by atoms with Gasteiger partial charge in [0.25, 0.3) is 0 Å². The number of likely N-dealkylation sites (N-methyl/N-ethyl adjacent to an activating group) is 1. The lowest BCUT2D eigenvalue weighted by Crippen LogP contribution is -2.55. The lowest BCUT2D eigenvalue weighted by atomic mass is 9.73. The highest BCUT2D eigenvalue weighted by molar-refractivity contribution is 6.33. The molecule has 196 valence electrons. The van der Waals surface area contributed by atoms with Crippen LogP contribution in [0.1, 0.15) is 24.8 Å². The zero-order valence-corrected chi connectivity index (χ0v) is 21.3.